The first-order chi connectivity index (χ1) is 8.65. The van der Waals surface area contributed by atoms with Crippen LogP contribution in [0.2, 0.25) is 0 Å². The van der Waals surface area contributed by atoms with E-state index < -0.39 is 6.10 Å². The fraction of sp³-hybridized carbons (Fsp3) is 0.625. The van der Waals surface area contributed by atoms with E-state index in [1.807, 2.05) is 31.2 Å². The van der Waals surface area contributed by atoms with Gasteiger partial charge in [-0.15, -0.1) is 0 Å². The molecule has 0 aliphatic heterocycles. The molecule has 0 aliphatic rings. The normalized spacial score (nSPS) is 14.4. The van der Waals surface area contributed by atoms with Gasteiger partial charge in [-0.05, 0) is 32.4 Å². The molecule has 1 rings (SSSR count). The van der Waals surface area contributed by atoms with Crippen LogP contribution in [0.15, 0.2) is 24.3 Å². The zero-order chi connectivity index (χ0) is 13.4. The second-order valence-electron chi connectivity index (χ2n) is 5.16. The predicted molar refractivity (Wildman–Crippen MR) is 77.7 cm³/mol. The van der Waals surface area contributed by atoms with Gasteiger partial charge in [0.1, 0.15) is 0 Å². The minimum absolute atomic E-state index is 0.106. The molecule has 0 spiro atoms. The highest BCUT2D eigenvalue weighted by molar-refractivity contribution is 5.23. The molecule has 0 bridgehead atoms. The van der Waals surface area contributed by atoms with Crippen LogP contribution in [0.4, 0.5) is 0 Å². The summed E-state index contributed by atoms with van der Waals surface area (Å²) in [4.78, 5) is 0. The lowest BCUT2D eigenvalue weighted by molar-refractivity contribution is 0.136. The van der Waals surface area contributed by atoms with Crippen LogP contribution in [-0.2, 0) is 0 Å². The topological polar surface area (TPSA) is 32.3 Å². The van der Waals surface area contributed by atoms with E-state index in [1.54, 1.807) is 0 Å². The van der Waals surface area contributed by atoms with Gasteiger partial charge in [0, 0.05) is 6.04 Å². The number of hydrogen-bond donors (Lipinski definition) is 2. The van der Waals surface area contributed by atoms with E-state index in [-0.39, 0.29) is 6.04 Å². The summed E-state index contributed by atoms with van der Waals surface area (Å²) in [7, 11) is 0. The van der Waals surface area contributed by atoms with Gasteiger partial charge in [-0.2, -0.15) is 0 Å². The van der Waals surface area contributed by atoms with E-state index in [2.05, 4.69) is 19.2 Å². The summed E-state index contributed by atoms with van der Waals surface area (Å²) in [5.41, 5.74) is 2.22. The molecular formula is C16H27NO. The van der Waals surface area contributed by atoms with E-state index in [4.69, 9.17) is 0 Å². The minimum atomic E-state index is -0.420. The third kappa shape index (κ3) is 5.19. The van der Waals surface area contributed by atoms with Gasteiger partial charge in [0.2, 0.25) is 0 Å². The largest absolute Gasteiger partial charge is 0.387 e. The second kappa shape index (κ2) is 8.28. The van der Waals surface area contributed by atoms with Gasteiger partial charge in [-0.3, -0.25) is 0 Å². The van der Waals surface area contributed by atoms with Gasteiger partial charge in [-0.1, -0.05) is 56.0 Å². The summed E-state index contributed by atoms with van der Waals surface area (Å²) in [5, 5.41) is 13.6. The van der Waals surface area contributed by atoms with Crippen molar-refractivity contribution in [2.24, 2.45) is 0 Å². The Balaban J connectivity index is 2.32. The fourth-order valence-corrected chi connectivity index (χ4v) is 2.05. The van der Waals surface area contributed by atoms with Crippen LogP contribution in [0.1, 0.15) is 56.8 Å². The summed E-state index contributed by atoms with van der Waals surface area (Å²) >= 11 is 0. The summed E-state index contributed by atoms with van der Waals surface area (Å²) in [6, 6.07) is 8.22. The molecule has 2 nitrogen and oxygen atoms in total. The van der Waals surface area contributed by atoms with Crippen molar-refractivity contribution in [2.75, 3.05) is 6.54 Å². The van der Waals surface area contributed by atoms with E-state index >= 15 is 0 Å². The SMILES string of the molecule is CCCCCCNC(C)C(O)c1ccc(C)cc1. The van der Waals surface area contributed by atoms with Crippen LogP contribution in [0.5, 0.6) is 0 Å². The highest BCUT2D eigenvalue weighted by Gasteiger charge is 2.14. The Bertz CT molecular complexity index is 320. The predicted octanol–water partition coefficient (Wildman–Crippen LogP) is 3.59. The van der Waals surface area contributed by atoms with Crippen LogP contribution in [0.25, 0.3) is 0 Å². The highest BCUT2D eigenvalue weighted by atomic mass is 16.3. The van der Waals surface area contributed by atoms with Crippen LogP contribution in [0, 0.1) is 6.92 Å². The first-order valence-corrected chi connectivity index (χ1v) is 7.13. The van der Waals surface area contributed by atoms with Crippen molar-refractivity contribution in [1.82, 2.24) is 5.32 Å². The average molecular weight is 249 g/mol. The Morgan fingerprint density at radius 3 is 2.39 bits per heavy atom. The molecule has 18 heavy (non-hydrogen) atoms. The summed E-state index contributed by atoms with van der Waals surface area (Å²) in [6.07, 6.45) is 4.62. The van der Waals surface area contributed by atoms with Crippen molar-refractivity contribution in [3.8, 4) is 0 Å². The summed E-state index contributed by atoms with van der Waals surface area (Å²) in [5.74, 6) is 0. The smallest absolute Gasteiger partial charge is 0.0940 e. The minimum Gasteiger partial charge on any atom is -0.387 e. The van der Waals surface area contributed by atoms with Crippen molar-refractivity contribution >= 4 is 0 Å². The van der Waals surface area contributed by atoms with Crippen LogP contribution in [0.3, 0.4) is 0 Å². The third-order valence-electron chi connectivity index (χ3n) is 3.39. The van der Waals surface area contributed by atoms with Crippen molar-refractivity contribution in [3.05, 3.63) is 35.4 Å². The molecule has 102 valence electrons. The van der Waals surface area contributed by atoms with E-state index in [0.717, 1.165) is 12.1 Å². The van der Waals surface area contributed by atoms with Gasteiger partial charge < -0.3 is 10.4 Å². The van der Waals surface area contributed by atoms with E-state index in [1.165, 1.54) is 31.2 Å². The Labute approximate surface area is 111 Å². The highest BCUT2D eigenvalue weighted by Crippen LogP contribution is 2.17. The first-order valence-electron chi connectivity index (χ1n) is 7.13. The summed E-state index contributed by atoms with van der Waals surface area (Å²) < 4.78 is 0. The van der Waals surface area contributed by atoms with Gasteiger partial charge in [0.25, 0.3) is 0 Å². The fourth-order valence-electron chi connectivity index (χ4n) is 2.05. The Morgan fingerprint density at radius 1 is 1.11 bits per heavy atom. The summed E-state index contributed by atoms with van der Waals surface area (Å²) in [6.45, 7) is 7.32. The molecule has 0 amide bonds. The van der Waals surface area contributed by atoms with Gasteiger partial charge in [0.05, 0.1) is 6.10 Å². The molecule has 0 radical (unpaired) electrons. The van der Waals surface area contributed by atoms with Crippen LogP contribution >= 0.6 is 0 Å². The lowest BCUT2D eigenvalue weighted by Crippen LogP contribution is -2.32. The number of nitrogens with one attached hydrogen (secondary N) is 1. The lowest BCUT2D eigenvalue weighted by Gasteiger charge is -2.20. The monoisotopic (exact) mass is 249 g/mol. The number of benzene rings is 1. The first kappa shape index (κ1) is 15.2. The Kier molecular flexibility index (Phi) is 6.99. The maximum Gasteiger partial charge on any atom is 0.0940 e. The molecule has 0 saturated heterocycles. The number of aliphatic hydroxyl groups is 1. The zero-order valence-corrected chi connectivity index (χ0v) is 11.9. The second-order valence-corrected chi connectivity index (χ2v) is 5.16. The number of aryl methyl sites for hydroxylation is 1. The molecule has 0 heterocycles. The maximum absolute atomic E-state index is 10.2. The number of unbranched alkanes of at least 4 members (excludes halogenated alkanes) is 3. The average Bonchev–Trinajstić information content (AvgIpc) is 2.38. The molecule has 0 fully saturated rings. The number of rotatable bonds is 8. The molecule has 1 aromatic rings. The van der Waals surface area contributed by atoms with Crippen molar-refractivity contribution in [1.29, 1.82) is 0 Å². The van der Waals surface area contributed by atoms with Gasteiger partial charge in [-0.25, -0.2) is 0 Å². The zero-order valence-electron chi connectivity index (χ0n) is 11.9. The molecule has 2 heteroatoms. The van der Waals surface area contributed by atoms with Crippen LogP contribution in [-0.4, -0.2) is 17.7 Å². The molecule has 0 aromatic heterocycles. The van der Waals surface area contributed by atoms with Gasteiger partial charge >= 0.3 is 0 Å². The number of hydrogen-bond acceptors (Lipinski definition) is 2. The molecule has 2 N–H and O–H groups in total. The molecule has 2 unspecified atom stereocenters. The third-order valence-corrected chi connectivity index (χ3v) is 3.39. The molecule has 0 saturated carbocycles. The maximum atomic E-state index is 10.2. The molecule has 1 aromatic carbocycles. The van der Waals surface area contributed by atoms with E-state index in [9.17, 15) is 5.11 Å². The quantitative estimate of drug-likeness (QED) is 0.690. The van der Waals surface area contributed by atoms with Crippen molar-refractivity contribution in [2.45, 2.75) is 58.6 Å². The Morgan fingerprint density at radius 2 is 1.78 bits per heavy atom. The standard InChI is InChI=1S/C16H27NO/c1-4-5-6-7-12-17-14(3)16(18)15-10-8-13(2)9-11-15/h8-11,14,16-18H,4-7,12H2,1-3H3. The molecule has 0 aliphatic carbocycles. The van der Waals surface area contributed by atoms with Gasteiger partial charge in [0.15, 0.2) is 0 Å². The number of aliphatic hydroxyl groups excluding tert-OH is 1. The van der Waals surface area contributed by atoms with Crippen molar-refractivity contribution < 1.29 is 5.11 Å². The lowest BCUT2D eigenvalue weighted by atomic mass is 10.0. The van der Waals surface area contributed by atoms with E-state index in [0.29, 0.717) is 0 Å². The van der Waals surface area contributed by atoms with Crippen molar-refractivity contribution in [3.63, 3.8) is 0 Å². The molecular weight excluding hydrogens is 222 g/mol. The molecule has 2 atom stereocenters. The van der Waals surface area contributed by atoms with Crippen LogP contribution < -0.4 is 5.32 Å². The Hall–Kier alpha value is -0.860.